The number of imidazole rings is 1. The Bertz CT molecular complexity index is 827. The van der Waals surface area contributed by atoms with Gasteiger partial charge < -0.3 is 19.3 Å². The maximum absolute atomic E-state index is 13.0. The van der Waals surface area contributed by atoms with Crippen LogP contribution in [0.5, 0.6) is 0 Å². The Balaban J connectivity index is 1.37. The second kappa shape index (κ2) is 6.73. The molecule has 1 aromatic carbocycles. The van der Waals surface area contributed by atoms with Crippen LogP contribution in [0.4, 0.5) is 4.39 Å². The molecule has 0 bridgehead atoms. The van der Waals surface area contributed by atoms with Crippen molar-refractivity contribution in [3.8, 4) is 0 Å². The molecule has 1 spiro atoms. The van der Waals surface area contributed by atoms with Crippen LogP contribution < -0.4 is 0 Å². The van der Waals surface area contributed by atoms with Crippen LogP contribution in [0.3, 0.4) is 0 Å². The topological polar surface area (TPSA) is 67.6 Å². The van der Waals surface area contributed by atoms with E-state index in [9.17, 15) is 14.3 Å². The van der Waals surface area contributed by atoms with Crippen molar-refractivity contribution in [2.75, 3.05) is 19.7 Å². The van der Waals surface area contributed by atoms with Crippen molar-refractivity contribution < 1.29 is 19.0 Å². The minimum atomic E-state index is -1.08. The van der Waals surface area contributed by atoms with E-state index in [2.05, 4.69) is 4.98 Å². The molecule has 0 unspecified atom stereocenters. The molecule has 7 heteroatoms. The summed E-state index contributed by atoms with van der Waals surface area (Å²) in [4.78, 5) is 18.7. The SMILES string of the molecule is Cn1ccnc1[C@@]1(O)COC2(CCN(C(=O)Cc3ccc(F)cc3)CC2)C1. The van der Waals surface area contributed by atoms with Crippen LogP contribution in [0.25, 0.3) is 0 Å². The fraction of sp³-hybridized carbons (Fsp3) is 0.500. The van der Waals surface area contributed by atoms with Crippen LogP contribution in [0, 0.1) is 5.82 Å². The van der Waals surface area contributed by atoms with E-state index >= 15 is 0 Å². The predicted octanol–water partition coefficient (Wildman–Crippen LogP) is 1.77. The number of rotatable bonds is 3. The molecule has 0 aliphatic carbocycles. The number of ether oxygens (including phenoxy) is 1. The maximum Gasteiger partial charge on any atom is 0.226 e. The monoisotopic (exact) mass is 373 g/mol. The minimum absolute atomic E-state index is 0.0359. The third kappa shape index (κ3) is 3.49. The van der Waals surface area contributed by atoms with Gasteiger partial charge in [-0.25, -0.2) is 9.37 Å². The normalized spacial score (nSPS) is 24.5. The highest BCUT2D eigenvalue weighted by atomic mass is 19.1. The molecule has 6 nitrogen and oxygen atoms in total. The van der Waals surface area contributed by atoms with Gasteiger partial charge >= 0.3 is 0 Å². The number of aromatic nitrogens is 2. The molecule has 2 aliphatic rings. The van der Waals surface area contributed by atoms with E-state index in [0.717, 1.165) is 5.56 Å². The van der Waals surface area contributed by atoms with Gasteiger partial charge in [-0.15, -0.1) is 0 Å². The van der Waals surface area contributed by atoms with E-state index in [-0.39, 0.29) is 24.8 Å². The molecule has 2 aliphatic heterocycles. The average molecular weight is 373 g/mol. The average Bonchev–Trinajstić information content (AvgIpc) is 3.22. The summed E-state index contributed by atoms with van der Waals surface area (Å²) >= 11 is 0. The van der Waals surface area contributed by atoms with E-state index in [0.29, 0.717) is 38.2 Å². The second-order valence-corrected chi connectivity index (χ2v) is 7.73. The van der Waals surface area contributed by atoms with Gasteiger partial charge in [0.05, 0.1) is 18.6 Å². The number of hydrogen-bond acceptors (Lipinski definition) is 4. The number of likely N-dealkylation sites (tertiary alicyclic amines) is 1. The number of carbonyl (C=O) groups excluding carboxylic acids is 1. The van der Waals surface area contributed by atoms with Crippen molar-refractivity contribution in [3.05, 3.63) is 53.9 Å². The molecule has 0 radical (unpaired) electrons. The number of aryl methyl sites for hydroxylation is 1. The molecule has 27 heavy (non-hydrogen) atoms. The molecule has 144 valence electrons. The number of amides is 1. The molecular weight excluding hydrogens is 349 g/mol. The lowest BCUT2D eigenvalue weighted by atomic mass is 9.83. The van der Waals surface area contributed by atoms with Crippen molar-refractivity contribution in [3.63, 3.8) is 0 Å². The molecule has 3 heterocycles. The molecule has 2 aromatic rings. The van der Waals surface area contributed by atoms with Gasteiger partial charge in [0.15, 0.2) is 0 Å². The largest absolute Gasteiger partial charge is 0.379 e. The summed E-state index contributed by atoms with van der Waals surface area (Å²) in [6, 6.07) is 6.04. The number of nitrogens with zero attached hydrogens (tertiary/aromatic N) is 3. The zero-order valence-corrected chi connectivity index (χ0v) is 15.4. The van der Waals surface area contributed by atoms with Gasteiger partial charge in [-0.1, -0.05) is 12.1 Å². The van der Waals surface area contributed by atoms with Crippen molar-refractivity contribution in [1.29, 1.82) is 0 Å². The van der Waals surface area contributed by atoms with Gasteiger partial charge in [0, 0.05) is 39.0 Å². The predicted molar refractivity (Wildman–Crippen MR) is 96.3 cm³/mol. The molecular formula is C20H24FN3O3. The van der Waals surface area contributed by atoms with Gasteiger partial charge in [0.25, 0.3) is 0 Å². The molecule has 4 rings (SSSR count). The Labute approximate surface area is 157 Å². The number of benzene rings is 1. The zero-order chi connectivity index (χ0) is 19.1. The highest BCUT2D eigenvalue weighted by Gasteiger charge is 2.52. The fourth-order valence-electron chi connectivity index (χ4n) is 4.24. The van der Waals surface area contributed by atoms with E-state index in [1.807, 2.05) is 22.7 Å². The van der Waals surface area contributed by atoms with E-state index in [1.54, 1.807) is 18.3 Å². The van der Waals surface area contributed by atoms with Crippen LogP contribution >= 0.6 is 0 Å². The smallest absolute Gasteiger partial charge is 0.226 e. The fourth-order valence-corrected chi connectivity index (χ4v) is 4.24. The molecule has 0 saturated carbocycles. The summed E-state index contributed by atoms with van der Waals surface area (Å²) in [6.45, 7) is 1.41. The van der Waals surface area contributed by atoms with Gasteiger partial charge in [0.2, 0.25) is 5.91 Å². The van der Waals surface area contributed by atoms with Crippen molar-refractivity contribution in [1.82, 2.24) is 14.5 Å². The summed E-state index contributed by atoms with van der Waals surface area (Å²) in [6.07, 6.45) is 5.63. The summed E-state index contributed by atoms with van der Waals surface area (Å²) in [5.74, 6) is 0.354. The lowest BCUT2D eigenvalue weighted by Crippen LogP contribution is -2.47. The first-order chi connectivity index (χ1) is 12.9. The summed E-state index contributed by atoms with van der Waals surface area (Å²) < 4.78 is 20.9. The van der Waals surface area contributed by atoms with Crippen molar-refractivity contribution in [2.24, 2.45) is 7.05 Å². The number of hydrogen-bond donors (Lipinski definition) is 1. The minimum Gasteiger partial charge on any atom is -0.379 e. The van der Waals surface area contributed by atoms with Crippen LogP contribution in [-0.2, 0) is 28.6 Å². The maximum atomic E-state index is 13.0. The summed E-state index contributed by atoms with van der Waals surface area (Å²) in [5, 5.41) is 11.0. The molecule has 1 N–H and O–H groups in total. The van der Waals surface area contributed by atoms with Gasteiger partial charge in [-0.3, -0.25) is 4.79 Å². The Kier molecular flexibility index (Phi) is 4.52. The summed E-state index contributed by atoms with van der Waals surface area (Å²) in [7, 11) is 1.86. The number of carbonyl (C=O) groups is 1. The van der Waals surface area contributed by atoms with Crippen LogP contribution in [0.2, 0.25) is 0 Å². The first-order valence-electron chi connectivity index (χ1n) is 9.26. The summed E-state index contributed by atoms with van der Waals surface area (Å²) in [5.41, 5.74) is -0.686. The Morgan fingerprint density at radius 3 is 2.63 bits per heavy atom. The molecule has 1 atom stereocenters. The first kappa shape index (κ1) is 18.1. The lowest BCUT2D eigenvalue weighted by molar-refractivity contribution is -0.135. The van der Waals surface area contributed by atoms with Crippen LogP contribution in [-0.4, -0.2) is 50.8 Å². The Morgan fingerprint density at radius 2 is 2.00 bits per heavy atom. The van der Waals surface area contributed by atoms with E-state index < -0.39 is 11.2 Å². The molecule has 1 amide bonds. The van der Waals surface area contributed by atoms with Gasteiger partial charge in [-0.05, 0) is 30.5 Å². The molecule has 2 saturated heterocycles. The first-order valence-corrected chi connectivity index (χ1v) is 9.26. The van der Waals surface area contributed by atoms with Gasteiger partial charge in [-0.2, -0.15) is 0 Å². The third-order valence-corrected chi connectivity index (χ3v) is 5.77. The standard InChI is InChI=1S/C20H24FN3O3/c1-23-11-8-22-18(23)20(26)13-19(27-14-20)6-9-24(10-7-19)17(25)12-15-2-4-16(21)5-3-15/h2-5,8,11,26H,6-7,9-10,12-14H2,1H3/t20-/m0/s1. The zero-order valence-electron chi connectivity index (χ0n) is 15.4. The highest BCUT2D eigenvalue weighted by molar-refractivity contribution is 5.78. The highest BCUT2D eigenvalue weighted by Crippen LogP contribution is 2.44. The van der Waals surface area contributed by atoms with E-state index in [4.69, 9.17) is 4.74 Å². The van der Waals surface area contributed by atoms with E-state index in [1.165, 1.54) is 12.1 Å². The van der Waals surface area contributed by atoms with Crippen LogP contribution in [0.1, 0.15) is 30.7 Å². The number of aliphatic hydroxyl groups is 1. The number of halogens is 1. The van der Waals surface area contributed by atoms with Crippen molar-refractivity contribution >= 4 is 5.91 Å². The lowest BCUT2D eigenvalue weighted by Gasteiger charge is -2.39. The second-order valence-electron chi connectivity index (χ2n) is 7.73. The molecule has 1 aromatic heterocycles. The van der Waals surface area contributed by atoms with Crippen molar-refractivity contribution in [2.45, 2.75) is 36.9 Å². The third-order valence-electron chi connectivity index (χ3n) is 5.77. The Morgan fingerprint density at radius 1 is 1.30 bits per heavy atom. The number of piperidine rings is 1. The Hall–Kier alpha value is -2.25. The van der Waals surface area contributed by atoms with Gasteiger partial charge in [0.1, 0.15) is 17.2 Å². The van der Waals surface area contributed by atoms with Crippen LogP contribution in [0.15, 0.2) is 36.7 Å². The molecule has 2 fully saturated rings. The quantitative estimate of drug-likeness (QED) is 0.891.